The Morgan fingerprint density at radius 3 is 1.67 bits per heavy atom. The molecule has 0 saturated heterocycles. The van der Waals surface area contributed by atoms with Crippen molar-refractivity contribution in [2.24, 2.45) is 16.7 Å². The third-order valence-corrected chi connectivity index (χ3v) is 4.47. The summed E-state index contributed by atoms with van der Waals surface area (Å²) >= 11 is 0. The van der Waals surface area contributed by atoms with Gasteiger partial charge in [0.05, 0.1) is 10.8 Å². The first-order valence-corrected chi connectivity index (χ1v) is 6.73. The molecule has 0 radical (unpaired) electrons. The average molecular weight is 258 g/mol. The largest absolute Gasteiger partial charge is 0.481 e. The second-order valence-corrected chi connectivity index (χ2v) is 5.28. The lowest BCUT2D eigenvalue weighted by molar-refractivity contribution is -0.182. The standard InChI is InChI=1S/C14H26O4/c1-6-9-13(7-2,11(15)16)14(8-3,10(4)5)12(17)18/h10H,6-9H2,1-5H3,(H,15,16)(H,17,18). The lowest BCUT2D eigenvalue weighted by Gasteiger charge is -2.47. The molecule has 2 unspecified atom stereocenters. The molecular weight excluding hydrogens is 232 g/mol. The van der Waals surface area contributed by atoms with Gasteiger partial charge in [0.15, 0.2) is 0 Å². The van der Waals surface area contributed by atoms with Gasteiger partial charge in [-0.3, -0.25) is 9.59 Å². The van der Waals surface area contributed by atoms with Crippen LogP contribution in [0.25, 0.3) is 0 Å². The van der Waals surface area contributed by atoms with Crippen LogP contribution in [0.5, 0.6) is 0 Å². The Hall–Kier alpha value is -1.06. The SMILES string of the molecule is CCCC(CC)(C(=O)O)C(CC)(C(=O)O)C(C)C. The summed E-state index contributed by atoms with van der Waals surface area (Å²) in [5, 5.41) is 19.3. The molecule has 4 heteroatoms. The monoisotopic (exact) mass is 258 g/mol. The van der Waals surface area contributed by atoms with E-state index in [4.69, 9.17) is 0 Å². The van der Waals surface area contributed by atoms with Gasteiger partial charge in [-0.15, -0.1) is 0 Å². The molecule has 0 aliphatic carbocycles. The van der Waals surface area contributed by atoms with E-state index >= 15 is 0 Å². The van der Waals surface area contributed by atoms with Crippen LogP contribution in [0.2, 0.25) is 0 Å². The highest BCUT2D eigenvalue weighted by Crippen LogP contribution is 2.53. The third-order valence-electron chi connectivity index (χ3n) is 4.47. The van der Waals surface area contributed by atoms with Gasteiger partial charge in [-0.05, 0) is 25.2 Å². The Morgan fingerprint density at radius 1 is 1.00 bits per heavy atom. The minimum absolute atomic E-state index is 0.220. The van der Waals surface area contributed by atoms with Crippen LogP contribution in [0.3, 0.4) is 0 Å². The Balaban J connectivity index is 6.07. The minimum Gasteiger partial charge on any atom is -0.481 e. The van der Waals surface area contributed by atoms with Gasteiger partial charge in [0.25, 0.3) is 0 Å². The summed E-state index contributed by atoms with van der Waals surface area (Å²) in [6.07, 6.45) is 1.74. The molecule has 0 fully saturated rings. The zero-order valence-electron chi connectivity index (χ0n) is 12.1. The summed E-state index contributed by atoms with van der Waals surface area (Å²) in [6, 6.07) is 0. The average Bonchev–Trinajstić information content (AvgIpc) is 2.27. The molecule has 18 heavy (non-hydrogen) atoms. The van der Waals surface area contributed by atoms with Crippen LogP contribution in [-0.4, -0.2) is 22.2 Å². The molecule has 0 saturated carbocycles. The Morgan fingerprint density at radius 2 is 1.50 bits per heavy atom. The fourth-order valence-electron chi connectivity index (χ4n) is 3.49. The molecule has 0 spiro atoms. The van der Waals surface area contributed by atoms with E-state index in [-0.39, 0.29) is 5.92 Å². The number of carboxylic acids is 2. The molecule has 0 aromatic carbocycles. The van der Waals surface area contributed by atoms with Crippen LogP contribution in [0.4, 0.5) is 0 Å². The number of carbonyl (C=O) groups is 2. The maximum Gasteiger partial charge on any atom is 0.311 e. The maximum atomic E-state index is 11.8. The van der Waals surface area contributed by atoms with Gasteiger partial charge in [0.2, 0.25) is 0 Å². The molecule has 0 bridgehead atoms. The highest BCUT2D eigenvalue weighted by molar-refractivity contribution is 5.87. The Kier molecular flexibility index (Phi) is 5.84. The van der Waals surface area contributed by atoms with Gasteiger partial charge in [-0.2, -0.15) is 0 Å². The molecule has 0 heterocycles. The molecule has 0 aliphatic rings. The minimum atomic E-state index is -1.20. The molecule has 4 nitrogen and oxygen atoms in total. The van der Waals surface area contributed by atoms with Gasteiger partial charge >= 0.3 is 11.9 Å². The smallest absolute Gasteiger partial charge is 0.311 e. The van der Waals surface area contributed by atoms with Gasteiger partial charge in [0.1, 0.15) is 0 Å². The summed E-state index contributed by atoms with van der Waals surface area (Å²) in [6.45, 7) is 9.06. The van der Waals surface area contributed by atoms with Crippen molar-refractivity contribution in [3.8, 4) is 0 Å². The van der Waals surface area contributed by atoms with Crippen LogP contribution >= 0.6 is 0 Å². The van der Waals surface area contributed by atoms with Crippen molar-refractivity contribution in [3.63, 3.8) is 0 Å². The first kappa shape index (κ1) is 16.9. The van der Waals surface area contributed by atoms with Crippen molar-refractivity contribution in [1.82, 2.24) is 0 Å². The Labute approximate surface area is 109 Å². The number of aliphatic carboxylic acids is 2. The second-order valence-electron chi connectivity index (χ2n) is 5.28. The molecule has 0 aromatic rings. The lowest BCUT2D eigenvalue weighted by Crippen LogP contribution is -2.55. The molecule has 2 atom stereocenters. The van der Waals surface area contributed by atoms with Crippen LogP contribution in [-0.2, 0) is 9.59 Å². The van der Waals surface area contributed by atoms with E-state index in [1.165, 1.54) is 0 Å². The van der Waals surface area contributed by atoms with Crippen LogP contribution in [0.15, 0.2) is 0 Å². The van der Waals surface area contributed by atoms with Gasteiger partial charge in [-0.25, -0.2) is 0 Å². The second kappa shape index (κ2) is 6.21. The molecule has 0 rings (SSSR count). The fraction of sp³-hybridized carbons (Fsp3) is 0.857. The first-order chi connectivity index (χ1) is 8.26. The lowest BCUT2D eigenvalue weighted by atomic mass is 9.53. The van der Waals surface area contributed by atoms with Crippen molar-refractivity contribution in [3.05, 3.63) is 0 Å². The fourth-order valence-corrected chi connectivity index (χ4v) is 3.49. The molecule has 0 aliphatic heterocycles. The molecule has 106 valence electrons. The summed E-state index contributed by atoms with van der Waals surface area (Å²) in [7, 11) is 0. The van der Waals surface area contributed by atoms with E-state index in [9.17, 15) is 19.8 Å². The molecular formula is C14H26O4. The summed E-state index contributed by atoms with van der Waals surface area (Å²) in [4.78, 5) is 23.6. The predicted octanol–water partition coefficient (Wildman–Crippen LogP) is 3.40. The number of carboxylic acid groups (broad SMARTS) is 2. The van der Waals surface area contributed by atoms with Crippen molar-refractivity contribution < 1.29 is 19.8 Å². The normalized spacial score (nSPS) is 18.1. The van der Waals surface area contributed by atoms with E-state index in [0.29, 0.717) is 25.7 Å². The summed E-state index contributed by atoms with van der Waals surface area (Å²) in [5.41, 5.74) is -2.39. The zero-order valence-corrected chi connectivity index (χ0v) is 12.1. The number of hydrogen-bond donors (Lipinski definition) is 2. The van der Waals surface area contributed by atoms with Gasteiger partial charge in [-0.1, -0.05) is 41.0 Å². The quantitative estimate of drug-likeness (QED) is 0.699. The first-order valence-electron chi connectivity index (χ1n) is 6.73. The van der Waals surface area contributed by atoms with Gasteiger partial charge in [0, 0.05) is 0 Å². The van der Waals surface area contributed by atoms with E-state index in [1.54, 1.807) is 27.7 Å². The van der Waals surface area contributed by atoms with Crippen molar-refractivity contribution in [1.29, 1.82) is 0 Å². The predicted molar refractivity (Wildman–Crippen MR) is 70.5 cm³/mol. The van der Waals surface area contributed by atoms with Crippen LogP contribution in [0, 0.1) is 16.7 Å². The molecule has 2 N–H and O–H groups in total. The van der Waals surface area contributed by atoms with Crippen molar-refractivity contribution in [2.45, 2.75) is 60.3 Å². The van der Waals surface area contributed by atoms with Crippen molar-refractivity contribution >= 4 is 11.9 Å². The summed E-state index contributed by atoms with van der Waals surface area (Å²) in [5.74, 6) is -2.19. The number of hydrogen-bond acceptors (Lipinski definition) is 2. The number of rotatable bonds is 8. The van der Waals surface area contributed by atoms with Crippen LogP contribution < -0.4 is 0 Å². The van der Waals surface area contributed by atoms with Gasteiger partial charge < -0.3 is 10.2 Å². The summed E-state index contributed by atoms with van der Waals surface area (Å²) < 4.78 is 0. The molecule has 0 aromatic heterocycles. The zero-order chi connectivity index (χ0) is 14.6. The van der Waals surface area contributed by atoms with E-state index in [2.05, 4.69) is 0 Å². The highest BCUT2D eigenvalue weighted by Gasteiger charge is 2.60. The van der Waals surface area contributed by atoms with E-state index < -0.39 is 22.8 Å². The topological polar surface area (TPSA) is 74.6 Å². The van der Waals surface area contributed by atoms with E-state index in [1.807, 2.05) is 6.92 Å². The Bertz CT molecular complexity index is 311. The van der Waals surface area contributed by atoms with Crippen LogP contribution in [0.1, 0.15) is 60.3 Å². The van der Waals surface area contributed by atoms with E-state index in [0.717, 1.165) is 0 Å². The van der Waals surface area contributed by atoms with Crippen molar-refractivity contribution in [2.75, 3.05) is 0 Å². The highest BCUT2D eigenvalue weighted by atomic mass is 16.4. The molecule has 0 amide bonds. The third kappa shape index (κ3) is 2.25. The maximum absolute atomic E-state index is 11.8.